The van der Waals surface area contributed by atoms with Gasteiger partial charge in [-0.1, -0.05) is 0 Å². The molecule has 12 heteroatoms. The van der Waals surface area contributed by atoms with Crippen LogP contribution in [0.5, 0.6) is 0 Å². The molecule has 0 unspecified atom stereocenters. The third-order valence-corrected chi connectivity index (χ3v) is 0. The van der Waals surface area contributed by atoms with Gasteiger partial charge in [-0.2, -0.15) is 0 Å². The van der Waals surface area contributed by atoms with Gasteiger partial charge in [0.25, 0.3) is 0 Å². The maximum Gasteiger partial charge on any atom is 3.00 e. The molecule has 0 amide bonds. The molecule has 15 heavy (non-hydrogen) atoms. The first-order valence-electron chi connectivity index (χ1n) is 1.41. The zero-order valence-electron chi connectivity index (χ0n) is 7.26. The van der Waals surface area contributed by atoms with E-state index in [1.807, 2.05) is 0 Å². The summed E-state index contributed by atoms with van der Waals surface area (Å²) in [4.78, 5) is 24.8. The number of carbonyl (C=O) groups is 3. The predicted molar refractivity (Wildman–Crippen MR) is 42.0 cm³/mol. The average molecular weight is 252 g/mol. The first-order valence-corrected chi connectivity index (χ1v) is 1.41. The summed E-state index contributed by atoms with van der Waals surface area (Å²) in [6.45, 7) is -1.50. The molecule has 0 atom stereocenters. The second-order valence-electron chi connectivity index (χ2n) is 0.289. The Bertz CT molecular complexity index is 52.6. The van der Waals surface area contributed by atoms with Gasteiger partial charge in [0, 0.05) is 19.4 Å². The summed E-state index contributed by atoms with van der Waals surface area (Å²) in [5, 5.41) is 24.8. The monoisotopic (exact) mass is 252 g/mol. The molecule has 0 rings (SSSR count). The van der Waals surface area contributed by atoms with Crippen molar-refractivity contribution in [3.63, 3.8) is 0 Å². The van der Waals surface area contributed by atoms with E-state index in [1.54, 1.807) is 0 Å². The van der Waals surface area contributed by atoms with E-state index in [-0.39, 0.29) is 44.7 Å². The summed E-state index contributed by atoms with van der Waals surface area (Å²) in [5.74, 6) is 0. The molecule has 0 bridgehead atoms. The fourth-order valence-electron chi connectivity index (χ4n) is 0. The molecule has 0 spiro atoms. The van der Waals surface area contributed by atoms with Crippen LogP contribution in [0.15, 0.2) is 0 Å². The Morgan fingerprint density at radius 2 is 0.533 bits per heavy atom. The molecule has 0 aromatic carbocycles. The molecule has 0 aliphatic heterocycles. The minimum absolute atomic E-state index is 0. The Kier molecular flexibility index (Phi) is 3830. The fraction of sp³-hybridized carbons (Fsp3) is 0. The van der Waals surface area contributed by atoms with E-state index in [2.05, 4.69) is 0 Å². The van der Waals surface area contributed by atoms with Crippen molar-refractivity contribution in [2.24, 2.45) is 0 Å². The van der Waals surface area contributed by atoms with Crippen LogP contribution in [-0.2, 0) is 14.4 Å². The molecule has 0 radical (unpaired) electrons. The van der Waals surface area contributed by atoms with Gasteiger partial charge in [-0.3, -0.25) is 0 Å². The summed E-state index contributed by atoms with van der Waals surface area (Å²) in [5.41, 5.74) is 0. The molecular weight excluding hydrogens is 239 g/mol. The van der Waals surface area contributed by atoms with E-state index in [0.29, 0.717) is 0 Å². The van der Waals surface area contributed by atoms with Crippen LogP contribution in [0.25, 0.3) is 0 Å². The van der Waals surface area contributed by atoms with Gasteiger partial charge in [0.2, 0.25) is 0 Å². The van der Waals surface area contributed by atoms with Crippen LogP contribution < -0.4 is 15.3 Å². The third kappa shape index (κ3) is 930. The smallest absolute Gasteiger partial charge is 0.554 e. The van der Waals surface area contributed by atoms with Crippen molar-refractivity contribution < 1.29 is 57.1 Å². The Morgan fingerprint density at radius 1 is 0.533 bits per heavy atom. The summed E-state index contributed by atoms with van der Waals surface area (Å²) in [6.07, 6.45) is 0. The molecule has 0 aliphatic carbocycles. The van der Waals surface area contributed by atoms with Crippen LogP contribution in [0.2, 0.25) is 0 Å². The van der Waals surface area contributed by atoms with E-state index < -0.39 is 19.4 Å². The van der Waals surface area contributed by atoms with Crippen LogP contribution in [0.4, 0.5) is 0 Å². The molecule has 0 heterocycles. The van der Waals surface area contributed by atoms with Crippen molar-refractivity contribution in [1.29, 1.82) is 0 Å². The molecule has 94 valence electrons. The van der Waals surface area contributed by atoms with E-state index in [9.17, 15) is 0 Å². The van der Waals surface area contributed by atoms with Gasteiger partial charge in [0.15, 0.2) is 0 Å². The Labute approximate surface area is 94.6 Å². The summed E-state index contributed by atoms with van der Waals surface area (Å²) >= 11 is 0. The van der Waals surface area contributed by atoms with Crippen molar-refractivity contribution in [3.05, 3.63) is 0 Å². The van der Waals surface area contributed by atoms with Crippen molar-refractivity contribution in [2.75, 3.05) is 0 Å². The number of carbonyl (C=O) groups excluding carboxylic acids is 3. The number of rotatable bonds is 0. The second kappa shape index (κ2) is 579. The first-order chi connectivity index (χ1) is 4.24. The number of hydrogen-bond donors (Lipinski definition) is 0. The normalized spacial score (nSPS) is 2.40. The number of carboxylic acid groups (broad SMARTS) is 3. The Balaban J connectivity index is -0.00000000429. The molecule has 0 saturated carbocycles. The zero-order valence-corrected chi connectivity index (χ0v) is 8.41. The molecule has 0 fully saturated rings. The van der Waals surface area contributed by atoms with Gasteiger partial charge in [0.1, 0.15) is 0 Å². The van der Waals surface area contributed by atoms with Crippen molar-refractivity contribution >= 4 is 36.8 Å². The maximum atomic E-state index is 8.25. The van der Waals surface area contributed by atoms with Gasteiger partial charge in [0.05, 0.1) is 0 Å². The van der Waals surface area contributed by atoms with Crippen LogP contribution in [0, 0.1) is 0 Å². The van der Waals surface area contributed by atoms with E-state index in [4.69, 9.17) is 29.7 Å². The average Bonchev–Trinajstić information content (AvgIpc) is 1.70. The van der Waals surface area contributed by atoms with Gasteiger partial charge >= 0.3 is 17.4 Å². The molecule has 0 saturated heterocycles. The molecule has 0 aromatic rings. The van der Waals surface area contributed by atoms with E-state index >= 15 is 0 Å². The quantitative estimate of drug-likeness (QED) is 0.297. The number of hydrogen-bond acceptors (Lipinski definition) is 6. The summed E-state index contributed by atoms with van der Waals surface area (Å²) < 4.78 is 0. The maximum absolute atomic E-state index is 8.25. The largest absolute Gasteiger partial charge is 3.00 e. The Morgan fingerprint density at radius 3 is 0.533 bits per heavy atom. The fourth-order valence-corrected chi connectivity index (χ4v) is 0. The Hall–Kier alpha value is -1.26. The van der Waals surface area contributed by atoms with Gasteiger partial charge in [-0.05, 0) is 0 Å². The van der Waals surface area contributed by atoms with Crippen LogP contribution in [0.3, 0.4) is 0 Å². The zero-order chi connectivity index (χ0) is 8.12. The van der Waals surface area contributed by atoms with E-state index in [0.717, 1.165) is 0 Å². The molecule has 0 aliphatic rings. The standard InChI is InChI=1S/3CH2O2.Al.5H2O/c3*2-1-3;;;;;;/h3*1H,(H,2,3);;5*1H2/q;;;+3;;;;;/p-3. The van der Waals surface area contributed by atoms with Gasteiger partial charge < -0.3 is 57.1 Å². The SMILES string of the molecule is O.O.O.O.O.O=C[O-].O=C[O-].O=C[O-].[Al+3]. The molecule has 11 nitrogen and oxygen atoms in total. The second-order valence-corrected chi connectivity index (χ2v) is 0.289. The van der Waals surface area contributed by atoms with Crippen molar-refractivity contribution in [1.82, 2.24) is 0 Å². The van der Waals surface area contributed by atoms with Crippen LogP contribution in [-0.4, -0.2) is 64.2 Å². The minimum Gasteiger partial charge on any atom is -0.554 e. The van der Waals surface area contributed by atoms with Crippen molar-refractivity contribution in [3.8, 4) is 0 Å². The first kappa shape index (κ1) is 99.2. The summed E-state index contributed by atoms with van der Waals surface area (Å²) in [7, 11) is 0. The molecular formula is C3H13AlO11. The topological polar surface area (TPSA) is 278 Å². The third-order valence-electron chi connectivity index (χ3n) is 0. The molecule has 0 aromatic heterocycles. The predicted octanol–water partition coefficient (Wildman–Crippen LogP) is -9.41. The van der Waals surface area contributed by atoms with Crippen molar-refractivity contribution in [2.45, 2.75) is 0 Å². The van der Waals surface area contributed by atoms with Gasteiger partial charge in [-0.15, -0.1) is 0 Å². The van der Waals surface area contributed by atoms with Crippen LogP contribution in [0.1, 0.15) is 0 Å². The van der Waals surface area contributed by atoms with Crippen LogP contribution >= 0.6 is 0 Å². The van der Waals surface area contributed by atoms with Gasteiger partial charge in [-0.25, -0.2) is 0 Å². The molecule has 10 N–H and O–H groups in total. The van der Waals surface area contributed by atoms with E-state index in [1.165, 1.54) is 0 Å². The minimum atomic E-state index is -0.500. The summed E-state index contributed by atoms with van der Waals surface area (Å²) in [6, 6.07) is 0.